The van der Waals surface area contributed by atoms with Gasteiger partial charge in [0.05, 0.1) is 22.4 Å². The number of ether oxygens (including phenoxy) is 1. The molecule has 0 aromatic carbocycles. The van der Waals surface area contributed by atoms with Gasteiger partial charge in [-0.1, -0.05) is 0 Å². The van der Waals surface area contributed by atoms with E-state index in [1.165, 1.54) is 0 Å². The zero-order chi connectivity index (χ0) is 14.0. The van der Waals surface area contributed by atoms with Gasteiger partial charge in [0.2, 0.25) is 0 Å². The third-order valence-electron chi connectivity index (χ3n) is 3.00. The summed E-state index contributed by atoms with van der Waals surface area (Å²) in [5.41, 5.74) is -0.439. The number of hydrogen-bond donors (Lipinski definition) is 0. The van der Waals surface area contributed by atoms with Crippen LogP contribution in [0.1, 0.15) is 33.6 Å². The molecule has 0 radical (unpaired) electrons. The zero-order valence-electron chi connectivity index (χ0n) is 11.6. The largest absolute Gasteiger partial charge is 0.444 e. The molecule has 0 N–H and O–H groups in total. The molecule has 0 saturated carbocycles. The van der Waals surface area contributed by atoms with Crippen molar-refractivity contribution in [1.29, 1.82) is 0 Å². The van der Waals surface area contributed by atoms with Gasteiger partial charge in [0.15, 0.2) is 0 Å². The fraction of sp³-hybridized carbons (Fsp3) is 0.692. The second kappa shape index (κ2) is 5.68. The van der Waals surface area contributed by atoms with Crippen molar-refractivity contribution < 1.29 is 9.53 Å². The summed E-state index contributed by atoms with van der Waals surface area (Å²) in [7, 11) is 0. The first-order chi connectivity index (χ1) is 8.85. The van der Waals surface area contributed by atoms with Crippen molar-refractivity contribution in [3.05, 3.63) is 16.0 Å². The van der Waals surface area contributed by atoms with Gasteiger partial charge >= 0.3 is 6.09 Å². The highest BCUT2D eigenvalue weighted by atomic mass is 127. The van der Waals surface area contributed by atoms with Crippen molar-refractivity contribution in [2.75, 3.05) is 6.54 Å². The van der Waals surface area contributed by atoms with Crippen LogP contribution in [0, 0.1) is 3.57 Å². The van der Waals surface area contributed by atoms with Crippen LogP contribution < -0.4 is 0 Å². The molecule has 106 valence electrons. The van der Waals surface area contributed by atoms with Crippen LogP contribution in [0.5, 0.6) is 0 Å². The molecular formula is C13H20IN3O2. The highest BCUT2D eigenvalue weighted by molar-refractivity contribution is 14.1. The summed E-state index contributed by atoms with van der Waals surface area (Å²) < 4.78 is 8.46. The molecule has 1 aromatic heterocycles. The molecule has 1 atom stereocenters. The maximum Gasteiger partial charge on any atom is 0.410 e. The third kappa shape index (κ3) is 4.09. The molecule has 5 nitrogen and oxygen atoms in total. The topological polar surface area (TPSA) is 47.4 Å². The molecule has 0 bridgehead atoms. The number of halogens is 1. The first kappa shape index (κ1) is 14.6. The van der Waals surface area contributed by atoms with Crippen LogP contribution in [0.15, 0.2) is 12.4 Å². The number of hydrogen-bond acceptors (Lipinski definition) is 3. The van der Waals surface area contributed by atoms with Crippen LogP contribution in [0.3, 0.4) is 0 Å². The number of nitrogens with zero attached hydrogens (tertiary/aromatic N) is 3. The van der Waals surface area contributed by atoms with E-state index in [1.807, 2.05) is 42.7 Å². The maximum absolute atomic E-state index is 12.1. The van der Waals surface area contributed by atoms with E-state index in [1.54, 1.807) is 0 Å². The summed E-state index contributed by atoms with van der Waals surface area (Å²) in [5.74, 6) is 0. The number of carbonyl (C=O) groups is 1. The Bertz CT molecular complexity index is 453. The lowest BCUT2D eigenvalue weighted by Crippen LogP contribution is -2.41. The van der Waals surface area contributed by atoms with E-state index in [2.05, 4.69) is 27.7 Å². The van der Waals surface area contributed by atoms with E-state index in [4.69, 9.17) is 4.74 Å². The average Bonchev–Trinajstić information content (AvgIpc) is 2.86. The van der Waals surface area contributed by atoms with Gasteiger partial charge < -0.3 is 9.64 Å². The third-order valence-corrected chi connectivity index (χ3v) is 3.56. The van der Waals surface area contributed by atoms with Crippen LogP contribution in [0.2, 0.25) is 0 Å². The molecule has 1 aliphatic heterocycles. The summed E-state index contributed by atoms with van der Waals surface area (Å²) in [6.45, 7) is 7.20. The maximum atomic E-state index is 12.1. The normalized spacial score (nSPS) is 19.8. The second-order valence-corrected chi connectivity index (χ2v) is 7.10. The Morgan fingerprint density at radius 1 is 1.58 bits per heavy atom. The molecule has 2 heterocycles. The average molecular weight is 377 g/mol. The Morgan fingerprint density at radius 2 is 2.32 bits per heavy atom. The minimum absolute atomic E-state index is 0.186. The second-order valence-electron chi connectivity index (χ2n) is 5.85. The minimum Gasteiger partial charge on any atom is -0.444 e. The fourth-order valence-corrected chi connectivity index (χ4v) is 2.69. The predicted octanol–water partition coefficient (Wildman–Crippen LogP) is 2.89. The number of rotatable bonds is 2. The highest BCUT2D eigenvalue weighted by Gasteiger charge is 2.32. The first-order valence-electron chi connectivity index (χ1n) is 6.53. The predicted molar refractivity (Wildman–Crippen MR) is 80.9 cm³/mol. The van der Waals surface area contributed by atoms with E-state index < -0.39 is 5.60 Å². The van der Waals surface area contributed by atoms with Crippen LogP contribution in [-0.4, -0.2) is 39.0 Å². The SMILES string of the molecule is CC(C)(C)OC(=O)N1CCCC1Cn1cc(I)cn1. The molecular weight excluding hydrogens is 357 g/mol. The molecule has 1 fully saturated rings. The van der Waals surface area contributed by atoms with Crippen LogP contribution in [0.25, 0.3) is 0 Å². The van der Waals surface area contributed by atoms with E-state index in [0.29, 0.717) is 0 Å². The van der Waals surface area contributed by atoms with Crippen LogP contribution in [0.4, 0.5) is 4.79 Å². The molecule has 19 heavy (non-hydrogen) atoms. The molecule has 1 unspecified atom stereocenters. The van der Waals surface area contributed by atoms with Crippen LogP contribution in [-0.2, 0) is 11.3 Å². The lowest BCUT2D eigenvalue weighted by atomic mass is 10.2. The van der Waals surface area contributed by atoms with E-state index in [-0.39, 0.29) is 12.1 Å². The molecule has 0 aliphatic carbocycles. The number of carbonyl (C=O) groups excluding carboxylic acids is 1. The Balaban J connectivity index is 1.98. The van der Waals surface area contributed by atoms with Crippen LogP contribution >= 0.6 is 22.6 Å². The summed E-state index contributed by atoms with van der Waals surface area (Å²) in [5, 5.41) is 4.28. The Kier molecular flexibility index (Phi) is 4.37. The minimum atomic E-state index is -0.439. The lowest BCUT2D eigenvalue weighted by Gasteiger charge is -2.28. The smallest absolute Gasteiger partial charge is 0.410 e. The first-order valence-corrected chi connectivity index (χ1v) is 7.60. The molecule has 1 saturated heterocycles. The Labute approximate surface area is 127 Å². The summed E-state index contributed by atoms with van der Waals surface area (Å²) >= 11 is 2.24. The van der Waals surface area contributed by atoms with Gasteiger partial charge in [-0.2, -0.15) is 5.10 Å². The molecule has 1 aromatic rings. The Morgan fingerprint density at radius 3 is 2.89 bits per heavy atom. The van der Waals surface area contributed by atoms with Crippen molar-refractivity contribution in [1.82, 2.24) is 14.7 Å². The van der Waals surface area contributed by atoms with Gasteiger partial charge in [-0.15, -0.1) is 0 Å². The van der Waals surface area contributed by atoms with Gasteiger partial charge in [-0.3, -0.25) is 4.68 Å². The summed E-state index contributed by atoms with van der Waals surface area (Å²) in [6.07, 6.45) is 5.65. The van der Waals surface area contributed by atoms with E-state index in [0.717, 1.165) is 29.5 Å². The van der Waals surface area contributed by atoms with Gasteiger partial charge in [-0.05, 0) is 56.2 Å². The lowest BCUT2D eigenvalue weighted by molar-refractivity contribution is 0.0211. The molecule has 1 amide bonds. The Hall–Kier alpha value is -0.790. The molecule has 1 aliphatic rings. The summed E-state index contributed by atoms with van der Waals surface area (Å²) in [4.78, 5) is 14.0. The summed E-state index contributed by atoms with van der Waals surface area (Å²) in [6, 6.07) is 0.186. The van der Waals surface area contributed by atoms with Gasteiger partial charge in [0, 0.05) is 12.7 Å². The quantitative estimate of drug-likeness (QED) is 0.745. The zero-order valence-corrected chi connectivity index (χ0v) is 13.8. The standard InChI is InChI=1S/C13H20IN3O2/c1-13(2,3)19-12(18)17-6-4-5-11(17)9-16-8-10(14)7-15-16/h7-8,11H,4-6,9H2,1-3H3. The number of aromatic nitrogens is 2. The number of likely N-dealkylation sites (tertiary alicyclic amines) is 1. The van der Waals surface area contributed by atoms with Crippen molar-refractivity contribution >= 4 is 28.7 Å². The fourth-order valence-electron chi connectivity index (χ4n) is 2.24. The van der Waals surface area contributed by atoms with Crippen molar-refractivity contribution in [2.45, 2.75) is 51.8 Å². The number of amides is 1. The van der Waals surface area contributed by atoms with E-state index >= 15 is 0 Å². The van der Waals surface area contributed by atoms with Gasteiger partial charge in [-0.25, -0.2) is 4.79 Å². The van der Waals surface area contributed by atoms with Crippen molar-refractivity contribution in [3.63, 3.8) is 0 Å². The monoisotopic (exact) mass is 377 g/mol. The van der Waals surface area contributed by atoms with E-state index in [9.17, 15) is 4.79 Å². The highest BCUT2D eigenvalue weighted by Crippen LogP contribution is 2.22. The van der Waals surface area contributed by atoms with Gasteiger partial charge in [0.25, 0.3) is 0 Å². The van der Waals surface area contributed by atoms with Crippen molar-refractivity contribution in [2.24, 2.45) is 0 Å². The van der Waals surface area contributed by atoms with Gasteiger partial charge in [0.1, 0.15) is 5.60 Å². The molecule has 2 rings (SSSR count). The van der Waals surface area contributed by atoms with Crippen molar-refractivity contribution in [3.8, 4) is 0 Å². The molecule has 6 heteroatoms. The molecule has 0 spiro atoms.